The van der Waals surface area contributed by atoms with Gasteiger partial charge in [-0.15, -0.1) is 0 Å². The summed E-state index contributed by atoms with van der Waals surface area (Å²) in [7, 11) is 0. The van der Waals surface area contributed by atoms with E-state index in [2.05, 4.69) is 5.32 Å². The fourth-order valence-electron chi connectivity index (χ4n) is 4.32. The fraction of sp³-hybridized carbons (Fsp3) is 0.0952. The highest BCUT2D eigenvalue weighted by molar-refractivity contribution is 6.18. The van der Waals surface area contributed by atoms with Crippen molar-refractivity contribution in [2.45, 2.75) is 5.41 Å². The molecule has 1 atom stereocenters. The van der Waals surface area contributed by atoms with Crippen molar-refractivity contribution in [2.75, 3.05) is 16.8 Å². The number of fused-ring (bicyclic) bond motifs is 3. The van der Waals surface area contributed by atoms with Gasteiger partial charge in [0.15, 0.2) is 0 Å². The summed E-state index contributed by atoms with van der Waals surface area (Å²) in [5.41, 5.74) is 6.15. The number of rotatable bonds is 1. The van der Waals surface area contributed by atoms with Crippen LogP contribution in [0.4, 0.5) is 15.8 Å². The van der Waals surface area contributed by atoms with Gasteiger partial charge >= 0.3 is 5.97 Å². The van der Waals surface area contributed by atoms with Crippen LogP contribution in [0.1, 0.15) is 5.56 Å². The average molecular weight is 388 g/mol. The molecule has 0 unspecified atom stereocenters. The number of nitrogens with one attached hydrogen (secondary N) is 1. The first-order chi connectivity index (χ1) is 14.0. The van der Waals surface area contributed by atoms with Gasteiger partial charge < -0.3 is 15.8 Å². The Hall–Kier alpha value is -4.12. The number of hydrogen-bond donors (Lipinski definition) is 2. The number of anilines is 2. The van der Waals surface area contributed by atoms with Crippen LogP contribution in [0.5, 0.6) is 0 Å². The predicted molar refractivity (Wildman–Crippen MR) is 100 cm³/mol. The van der Waals surface area contributed by atoms with Crippen LogP contribution in [-0.4, -0.2) is 18.5 Å². The molecule has 3 aliphatic rings. The summed E-state index contributed by atoms with van der Waals surface area (Å²) in [6.07, 6.45) is 0. The summed E-state index contributed by atoms with van der Waals surface area (Å²) in [5.74, 6) is -1.83. The van der Waals surface area contributed by atoms with Crippen molar-refractivity contribution in [3.63, 3.8) is 0 Å². The quantitative estimate of drug-likeness (QED) is 0.724. The lowest BCUT2D eigenvalue weighted by molar-refractivity contribution is -0.137. The van der Waals surface area contributed by atoms with Gasteiger partial charge in [-0.05, 0) is 24.3 Å². The van der Waals surface area contributed by atoms with Gasteiger partial charge in [-0.1, -0.05) is 24.3 Å². The molecule has 8 heteroatoms. The van der Waals surface area contributed by atoms with Crippen molar-refractivity contribution in [3.05, 3.63) is 82.6 Å². The number of ether oxygens (including phenoxy) is 1. The molecule has 0 saturated heterocycles. The van der Waals surface area contributed by atoms with E-state index in [4.69, 9.17) is 10.5 Å². The summed E-state index contributed by atoms with van der Waals surface area (Å²) >= 11 is 0. The monoisotopic (exact) mass is 388 g/mol. The Kier molecular flexibility index (Phi) is 3.34. The Morgan fingerprint density at radius 1 is 1.21 bits per heavy atom. The molecule has 2 aromatic carbocycles. The van der Waals surface area contributed by atoms with Crippen LogP contribution >= 0.6 is 0 Å². The van der Waals surface area contributed by atoms with E-state index in [-0.39, 0.29) is 23.6 Å². The number of amides is 1. The summed E-state index contributed by atoms with van der Waals surface area (Å²) < 4.78 is 19.1. The minimum atomic E-state index is -1.71. The van der Waals surface area contributed by atoms with Gasteiger partial charge in [-0.2, -0.15) is 5.26 Å². The molecule has 1 spiro atoms. The lowest BCUT2D eigenvalue weighted by Gasteiger charge is -2.38. The molecule has 0 aromatic heterocycles. The van der Waals surface area contributed by atoms with Crippen LogP contribution in [0, 0.1) is 17.1 Å². The molecule has 29 heavy (non-hydrogen) atoms. The number of cyclic esters (lactones) is 1. The first-order valence-electron chi connectivity index (χ1n) is 8.78. The molecule has 3 aliphatic heterocycles. The van der Waals surface area contributed by atoms with Gasteiger partial charge in [0.1, 0.15) is 29.7 Å². The minimum Gasteiger partial charge on any atom is -0.456 e. The van der Waals surface area contributed by atoms with Crippen molar-refractivity contribution in [1.29, 1.82) is 5.26 Å². The maximum atomic E-state index is 13.9. The van der Waals surface area contributed by atoms with E-state index in [1.165, 1.54) is 23.1 Å². The van der Waals surface area contributed by atoms with E-state index >= 15 is 0 Å². The second-order valence-electron chi connectivity index (χ2n) is 6.83. The first-order valence-corrected chi connectivity index (χ1v) is 8.78. The van der Waals surface area contributed by atoms with E-state index in [1.54, 1.807) is 30.3 Å². The third-order valence-electron chi connectivity index (χ3n) is 5.45. The molecule has 1 amide bonds. The van der Waals surface area contributed by atoms with Crippen molar-refractivity contribution in [3.8, 4) is 6.07 Å². The SMILES string of the molecule is N#CC1=C(N)N(c2cccc(F)c2)C2=C(C(=O)OC2)[C@]12C(=O)Nc1ccccc12. The fourth-order valence-corrected chi connectivity index (χ4v) is 4.32. The summed E-state index contributed by atoms with van der Waals surface area (Å²) in [6.45, 7) is -0.152. The summed E-state index contributed by atoms with van der Waals surface area (Å²) in [4.78, 5) is 27.4. The number of para-hydroxylation sites is 1. The number of nitrogens with two attached hydrogens (primary N) is 1. The molecule has 3 heterocycles. The molecule has 0 bridgehead atoms. The van der Waals surface area contributed by atoms with Crippen LogP contribution < -0.4 is 16.0 Å². The molecule has 142 valence electrons. The number of benzene rings is 2. The molecular weight excluding hydrogens is 375 g/mol. The second kappa shape index (κ2) is 5.69. The van der Waals surface area contributed by atoms with Crippen molar-refractivity contribution >= 4 is 23.3 Å². The number of carbonyl (C=O) groups excluding carboxylic acids is 2. The molecule has 0 fully saturated rings. The van der Waals surface area contributed by atoms with Gasteiger partial charge in [0.05, 0.1) is 22.5 Å². The number of hydrogen-bond acceptors (Lipinski definition) is 6. The first kappa shape index (κ1) is 17.0. The van der Waals surface area contributed by atoms with Crippen molar-refractivity contribution in [1.82, 2.24) is 0 Å². The van der Waals surface area contributed by atoms with E-state index in [0.29, 0.717) is 22.6 Å². The van der Waals surface area contributed by atoms with E-state index in [0.717, 1.165) is 0 Å². The summed E-state index contributed by atoms with van der Waals surface area (Å²) in [6, 6.07) is 14.4. The van der Waals surface area contributed by atoms with Crippen molar-refractivity contribution in [2.24, 2.45) is 5.73 Å². The zero-order chi connectivity index (χ0) is 20.3. The molecule has 0 radical (unpaired) electrons. The smallest absolute Gasteiger partial charge is 0.338 e. The Balaban J connectivity index is 1.87. The van der Waals surface area contributed by atoms with E-state index < -0.39 is 23.1 Å². The molecule has 2 aromatic rings. The van der Waals surface area contributed by atoms with Crippen LogP contribution in [0.25, 0.3) is 0 Å². The third kappa shape index (κ3) is 1.99. The Morgan fingerprint density at radius 2 is 2.00 bits per heavy atom. The maximum Gasteiger partial charge on any atom is 0.338 e. The van der Waals surface area contributed by atoms with Crippen molar-refractivity contribution < 1.29 is 18.7 Å². The van der Waals surface area contributed by atoms with Gasteiger partial charge in [-0.3, -0.25) is 9.69 Å². The summed E-state index contributed by atoms with van der Waals surface area (Å²) in [5, 5.41) is 12.8. The molecule has 0 aliphatic carbocycles. The van der Waals surface area contributed by atoms with E-state index in [9.17, 15) is 19.2 Å². The Bertz CT molecular complexity index is 1230. The molecule has 5 rings (SSSR count). The Morgan fingerprint density at radius 3 is 2.76 bits per heavy atom. The normalized spacial score (nSPS) is 22.4. The molecule has 3 N–H and O–H groups in total. The number of esters is 1. The average Bonchev–Trinajstić information content (AvgIpc) is 3.21. The highest BCUT2D eigenvalue weighted by Crippen LogP contribution is 2.54. The van der Waals surface area contributed by atoms with Crippen LogP contribution in [0.15, 0.2) is 71.2 Å². The maximum absolute atomic E-state index is 13.9. The lowest BCUT2D eigenvalue weighted by Crippen LogP contribution is -2.48. The van der Waals surface area contributed by atoms with Gasteiger partial charge in [0.2, 0.25) is 5.91 Å². The zero-order valence-corrected chi connectivity index (χ0v) is 14.9. The van der Waals surface area contributed by atoms with Gasteiger partial charge in [0.25, 0.3) is 0 Å². The number of carbonyl (C=O) groups is 2. The standard InChI is InChI=1S/C21H13FN4O3/c22-11-4-3-5-12(8-11)26-16-10-29-19(27)17(16)21(14(9-23)18(26)24)13-6-1-2-7-15(13)25-20(21)28/h1-8H,10,24H2,(H,25,28)/t21-/m1/s1. The van der Waals surface area contributed by atoms with Gasteiger partial charge in [-0.25, -0.2) is 9.18 Å². The number of nitriles is 1. The third-order valence-corrected chi connectivity index (χ3v) is 5.45. The number of nitrogens with zero attached hydrogens (tertiary/aromatic N) is 2. The van der Waals surface area contributed by atoms with E-state index in [1.807, 2.05) is 6.07 Å². The number of halogens is 1. The molecular formula is C21H13FN4O3. The molecule has 0 saturated carbocycles. The molecule has 7 nitrogen and oxygen atoms in total. The topological polar surface area (TPSA) is 108 Å². The zero-order valence-electron chi connectivity index (χ0n) is 14.9. The van der Waals surface area contributed by atoms with Crippen LogP contribution in [0.2, 0.25) is 0 Å². The van der Waals surface area contributed by atoms with Crippen LogP contribution in [0.3, 0.4) is 0 Å². The second-order valence-corrected chi connectivity index (χ2v) is 6.83. The van der Waals surface area contributed by atoms with Crippen LogP contribution in [-0.2, 0) is 19.7 Å². The Labute approximate surface area is 164 Å². The lowest BCUT2D eigenvalue weighted by atomic mass is 9.67. The largest absolute Gasteiger partial charge is 0.456 e. The van der Waals surface area contributed by atoms with Gasteiger partial charge in [0, 0.05) is 11.3 Å². The highest BCUT2D eigenvalue weighted by Gasteiger charge is 2.61. The minimum absolute atomic E-state index is 0.0231. The predicted octanol–water partition coefficient (Wildman–Crippen LogP) is 2.04. The highest BCUT2D eigenvalue weighted by atomic mass is 19.1.